The van der Waals surface area contributed by atoms with Crippen molar-refractivity contribution < 1.29 is 9.59 Å². The van der Waals surface area contributed by atoms with Gasteiger partial charge in [-0.15, -0.1) is 0 Å². The lowest BCUT2D eigenvalue weighted by atomic mass is 10.0. The van der Waals surface area contributed by atoms with Crippen molar-refractivity contribution in [2.45, 2.75) is 25.9 Å². The number of carbonyl (C=O) groups excluding carboxylic acids is 2. The zero-order chi connectivity index (χ0) is 27.6. The zero-order valence-electron chi connectivity index (χ0n) is 22.4. The Balaban J connectivity index is 1.20. The second-order valence-corrected chi connectivity index (χ2v) is 9.96. The number of piperazine rings is 1. The van der Waals surface area contributed by atoms with Crippen LogP contribution in [0.25, 0.3) is 27.6 Å². The first-order chi connectivity index (χ1) is 19.5. The van der Waals surface area contributed by atoms with Gasteiger partial charge >= 0.3 is 6.03 Å². The van der Waals surface area contributed by atoms with Crippen LogP contribution in [0.15, 0.2) is 85.3 Å². The summed E-state index contributed by atoms with van der Waals surface area (Å²) in [5.74, 6) is 1.08. The Morgan fingerprint density at radius 2 is 1.75 bits per heavy atom. The topological polar surface area (TPSA) is 108 Å². The number of urea groups is 1. The number of nitrogens with zero attached hydrogens (tertiary/aromatic N) is 6. The van der Waals surface area contributed by atoms with Crippen molar-refractivity contribution >= 4 is 45.4 Å². The maximum Gasteiger partial charge on any atom is 0.321 e. The van der Waals surface area contributed by atoms with Crippen LogP contribution >= 0.6 is 0 Å². The summed E-state index contributed by atoms with van der Waals surface area (Å²) in [6.45, 7) is 4.80. The Kier molecular flexibility index (Phi) is 6.73. The molecular formula is C30H30N8O2. The van der Waals surface area contributed by atoms with Crippen LogP contribution in [0.5, 0.6) is 0 Å². The van der Waals surface area contributed by atoms with E-state index in [1.807, 2.05) is 89.2 Å². The lowest BCUT2D eigenvalue weighted by Crippen LogP contribution is -2.61. The van der Waals surface area contributed by atoms with Crippen molar-refractivity contribution in [3.8, 4) is 5.82 Å². The number of benzene rings is 3. The van der Waals surface area contributed by atoms with Gasteiger partial charge in [0.05, 0.1) is 22.8 Å². The van der Waals surface area contributed by atoms with Gasteiger partial charge in [0.15, 0.2) is 0 Å². The molecule has 2 N–H and O–H groups in total. The molecular weight excluding hydrogens is 504 g/mol. The molecule has 40 heavy (non-hydrogen) atoms. The predicted molar refractivity (Wildman–Crippen MR) is 155 cm³/mol. The second-order valence-electron chi connectivity index (χ2n) is 9.96. The van der Waals surface area contributed by atoms with E-state index in [4.69, 9.17) is 4.98 Å². The third kappa shape index (κ3) is 4.91. The van der Waals surface area contributed by atoms with Crippen molar-refractivity contribution in [3.63, 3.8) is 0 Å². The van der Waals surface area contributed by atoms with Crippen LogP contribution < -0.4 is 10.6 Å². The summed E-state index contributed by atoms with van der Waals surface area (Å²) >= 11 is 0. The molecule has 1 aliphatic heterocycles. The Morgan fingerprint density at radius 1 is 0.950 bits per heavy atom. The summed E-state index contributed by atoms with van der Waals surface area (Å²) in [5.41, 5.74) is 2.59. The van der Waals surface area contributed by atoms with Crippen molar-refractivity contribution in [1.82, 2.24) is 29.3 Å². The van der Waals surface area contributed by atoms with E-state index in [0.717, 1.165) is 27.5 Å². The maximum atomic E-state index is 13.4. The van der Waals surface area contributed by atoms with E-state index in [1.165, 1.54) is 0 Å². The van der Waals surface area contributed by atoms with Crippen LogP contribution in [0.4, 0.5) is 16.4 Å². The third-order valence-electron chi connectivity index (χ3n) is 7.42. The molecule has 10 nitrogen and oxygen atoms in total. The van der Waals surface area contributed by atoms with Crippen LogP contribution in [0.2, 0.25) is 0 Å². The van der Waals surface area contributed by atoms with Gasteiger partial charge in [-0.3, -0.25) is 9.36 Å². The first-order valence-corrected chi connectivity index (χ1v) is 13.3. The molecule has 0 saturated carbocycles. The van der Waals surface area contributed by atoms with Gasteiger partial charge in [-0.1, -0.05) is 48.5 Å². The van der Waals surface area contributed by atoms with Crippen LogP contribution in [-0.4, -0.2) is 73.0 Å². The quantitative estimate of drug-likeness (QED) is 0.343. The number of hydrogen-bond acceptors (Lipinski definition) is 6. The molecule has 3 amide bonds. The molecule has 1 saturated heterocycles. The highest BCUT2D eigenvalue weighted by Crippen LogP contribution is 2.24. The molecule has 2 atom stereocenters. The van der Waals surface area contributed by atoms with Gasteiger partial charge in [-0.05, 0) is 36.6 Å². The van der Waals surface area contributed by atoms with Crippen LogP contribution in [0.3, 0.4) is 0 Å². The molecule has 0 bridgehead atoms. The van der Waals surface area contributed by atoms with Crippen molar-refractivity contribution in [3.05, 3.63) is 85.3 Å². The first kappa shape index (κ1) is 25.3. The van der Waals surface area contributed by atoms with Gasteiger partial charge in [0.1, 0.15) is 12.1 Å². The highest BCUT2D eigenvalue weighted by atomic mass is 16.2. The zero-order valence-corrected chi connectivity index (χ0v) is 22.4. The summed E-state index contributed by atoms with van der Waals surface area (Å²) in [4.78, 5) is 43.1. The van der Waals surface area contributed by atoms with Crippen molar-refractivity contribution in [1.29, 1.82) is 0 Å². The number of amides is 3. The molecule has 202 valence electrons. The Hall–Kier alpha value is -4.99. The van der Waals surface area contributed by atoms with E-state index in [0.29, 0.717) is 31.4 Å². The van der Waals surface area contributed by atoms with Gasteiger partial charge in [-0.25, -0.2) is 14.8 Å². The normalized spacial score (nSPS) is 16.2. The molecule has 0 aliphatic carbocycles. The lowest BCUT2D eigenvalue weighted by molar-refractivity contribution is -0.133. The molecule has 10 heteroatoms. The minimum Gasteiger partial charge on any atom is -0.350 e. The summed E-state index contributed by atoms with van der Waals surface area (Å²) < 4.78 is 1.91. The van der Waals surface area contributed by atoms with Gasteiger partial charge in [-0.2, -0.15) is 4.98 Å². The van der Waals surface area contributed by atoms with Gasteiger partial charge in [0.2, 0.25) is 11.9 Å². The summed E-state index contributed by atoms with van der Waals surface area (Å²) in [6.07, 6.45) is 3.44. The number of aromatic nitrogens is 4. The Bertz CT molecular complexity index is 1690. The van der Waals surface area contributed by atoms with E-state index in [-0.39, 0.29) is 24.0 Å². The monoisotopic (exact) mass is 534 g/mol. The predicted octanol–water partition coefficient (Wildman–Crippen LogP) is 4.53. The maximum absolute atomic E-state index is 13.4. The average molecular weight is 535 g/mol. The van der Waals surface area contributed by atoms with Gasteiger partial charge < -0.3 is 20.4 Å². The van der Waals surface area contributed by atoms with Crippen LogP contribution in [-0.2, 0) is 4.79 Å². The molecule has 0 radical (unpaired) electrons. The number of para-hydroxylation sites is 2. The average Bonchev–Trinajstić information content (AvgIpc) is 3.41. The fraction of sp³-hybridized carbons (Fsp3) is 0.233. The SMILES string of the molecule is CC(=O)N1CCN(C(=O)Nc2cccc3ccccc23)C[C@@H]1[C@H](C)Nc1nccc(-n2cnc3ccccc32)n1. The minimum absolute atomic E-state index is 0.0349. The first-order valence-electron chi connectivity index (χ1n) is 13.3. The molecule has 5 aromatic rings. The number of rotatable bonds is 5. The molecule has 6 rings (SSSR count). The Labute approximate surface area is 231 Å². The third-order valence-corrected chi connectivity index (χ3v) is 7.42. The summed E-state index contributed by atoms with van der Waals surface area (Å²) in [6, 6.07) is 22.8. The number of carbonyl (C=O) groups is 2. The molecule has 1 aliphatic rings. The lowest BCUT2D eigenvalue weighted by Gasteiger charge is -2.43. The second kappa shape index (κ2) is 10.6. The fourth-order valence-corrected chi connectivity index (χ4v) is 5.34. The molecule has 0 spiro atoms. The molecule has 0 unspecified atom stereocenters. The molecule has 3 heterocycles. The van der Waals surface area contributed by atoms with Gasteiger partial charge in [0, 0.05) is 44.2 Å². The summed E-state index contributed by atoms with van der Waals surface area (Å²) in [7, 11) is 0. The molecule has 1 fully saturated rings. The van der Waals surface area contributed by atoms with Crippen molar-refractivity contribution in [2.75, 3.05) is 30.3 Å². The number of imidazole rings is 1. The minimum atomic E-state index is -0.272. The van der Waals surface area contributed by atoms with E-state index >= 15 is 0 Å². The Morgan fingerprint density at radius 3 is 2.62 bits per heavy atom. The van der Waals surface area contributed by atoms with Crippen LogP contribution in [0.1, 0.15) is 13.8 Å². The standard InChI is InChI=1S/C30H30N8O2/c1-20(33-29-31-15-14-28(35-29)38-19-32-25-11-5-6-13-26(25)38)27-18-36(16-17-37(27)21(2)39)30(40)34-24-12-7-9-22-8-3-4-10-23(22)24/h3-15,19-20,27H,16-18H2,1-2H3,(H,34,40)(H,31,33,35)/t20-,27+/m0/s1. The van der Waals surface area contributed by atoms with E-state index in [9.17, 15) is 9.59 Å². The smallest absolute Gasteiger partial charge is 0.321 e. The highest BCUT2D eigenvalue weighted by molar-refractivity contribution is 6.01. The van der Waals surface area contributed by atoms with Crippen molar-refractivity contribution in [2.24, 2.45) is 0 Å². The number of fused-ring (bicyclic) bond motifs is 2. The number of hydrogen-bond donors (Lipinski definition) is 2. The van der Waals surface area contributed by atoms with E-state index in [2.05, 4.69) is 20.6 Å². The summed E-state index contributed by atoms with van der Waals surface area (Å²) in [5, 5.41) is 8.49. The molecule has 3 aromatic carbocycles. The largest absolute Gasteiger partial charge is 0.350 e. The number of nitrogens with one attached hydrogen (secondary N) is 2. The fourth-order valence-electron chi connectivity index (χ4n) is 5.34. The number of anilines is 2. The van der Waals surface area contributed by atoms with E-state index < -0.39 is 0 Å². The van der Waals surface area contributed by atoms with E-state index in [1.54, 1.807) is 24.3 Å². The van der Waals surface area contributed by atoms with Gasteiger partial charge in [0.25, 0.3) is 0 Å². The molecule has 2 aromatic heterocycles. The highest BCUT2D eigenvalue weighted by Gasteiger charge is 2.35. The van der Waals surface area contributed by atoms with Crippen LogP contribution in [0, 0.1) is 0 Å².